The smallest absolute Gasteiger partial charge is 0.274 e. The van der Waals surface area contributed by atoms with Gasteiger partial charge < -0.3 is 10.0 Å². The molecule has 4 rings (SSSR count). The number of aliphatic hydroxyl groups excluding tert-OH is 1. The van der Waals surface area contributed by atoms with Crippen LogP contribution in [0.5, 0.6) is 0 Å². The molecule has 0 bridgehead atoms. The van der Waals surface area contributed by atoms with Gasteiger partial charge >= 0.3 is 0 Å². The molecule has 0 spiro atoms. The molecule has 2 heterocycles. The standard InChI is InChI=1S/C17H18FN3O2/c18-12-5-3-11(4-6-12)16-7-13(22)9-21(16)17(23)15-8-14(19-20-15)10-1-2-10/h3-6,8,10,13,16,22H,1-2,7,9H2,(H,19,20)/t13-,16+/m1/s1. The van der Waals surface area contributed by atoms with Crippen molar-refractivity contribution in [3.05, 3.63) is 53.1 Å². The maximum absolute atomic E-state index is 13.1. The monoisotopic (exact) mass is 315 g/mol. The second kappa shape index (κ2) is 5.45. The van der Waals surface area contributed by atoms with E-state index in [0.29, 0.717) is 18.0 Å². The Balaban J connectivity index is 1.59. The van der Waals surface area contributed by atoms with Gasteiger partial charge in [-0.15, -0.1) is 0 Å². The molecule has 1 aliphatic heterocycles. The number of nitrogens with one attached hydrogen (secondary N) is 1. The summed E-state index contributed by atoms with van der Waals surface area (Å²) in [6.07, 6.45) is 2.15. The number of carbonyl (C=O) groups is 1. The summed E-state index contributed by atoms with van der Waals surface area (Å²) in [5.41, 5.74) is 2.22. The van der Waals surface area contributed by atoms with Crippen molar-refractivity contribution in [2.75, 3.05) is 6.54 Å². The van der Waals surface area contributed by atoms with Crippen molar-refractivity contribution in [1.82, 2.24) is 15.1 Å². The molecular weight excluding hydrogens is 297 g/mol. The van der Waals surface area contributed by atoms with Crippen molar-refractivity contribution in [2.24, 2.45) is 0 Å². The predicted octanol–water partition coefficient (Wildman–Crippen LogP) is 2.37. The van der Waals surface area contributed by atoms with Crippen molar-refractivity contribution in [3.8, 4) is 0 Å². The summed E-state index contributed by atoms with van der Waals surface area (Å²) in [6.45, 7) is 0.270. The number of nitrogens with zero attached hydrogens (tertiary/aromatic N) is 2. The van der Waals surface area contributed by atoms with Crippen LogP contribution in [0, 0.1) is 5.82 Å². The number of aliphatic hydroxyl groups is 1. The van der Waals surface area contributed by atoms with Crippen molar-refractivity contribution >= 4 is 5.91 Å². The third kappa shape index (κ3) is 2.74. The molecule has 2 aromatic rings. The van der Waals surface area contributed by atoms with Crippen molar-refractivity contribution in [2.45, 2.75) is 37.3 Å². The Morgan fingerprint density at radius 1 is 1.30 bits per heavy atom. The Kier molecular flexibility index (Phi) is 3.41. The fourth-order valence-electron chi connectivity index (χ4n) is 3.24. The third-order valence-electron chi connectivity index (χ3n) is 4.63. The Bertz CT molecular complexity index is 724. The second-order valence-corrected chi connectivity index (χ2v) is 6.40. The molecule has 23 heavy (non-hydrogen) atoms. The minimum absolute atomic E-state index is 0.195. The summed E-state index contributed by atoms with van der Waals surface area (Å²) < 4.78 is 13.1. The fourth-order valence-corrected chi connectivity index (χ4v) is 3.24. The number of aromatic nitrogens is 2. The number of β-amino-alcohol motifs (C(OH)–C–C–N with tert-alkyl or cyclic N) is 1. The Morgan fingerprint density at radius 3 is 2.74 bits per heavy atom. The Hall–Kier alpha value is -2.21. The quantitative estimate of drug-likeness (QED) is 0.913. The van der Waals surface area contributed by atoms with Crippen LogP contribution >= 0.6 is 0 Å². The lowest BCUT2D eigenvalue weighted by Crippen LogP contribution is -2.32. The number of hydrogen-bond acceptors (Lipinski definition) is 3. The van der Waals surface area contributed by atoms with Crippen molar-refractivity contribution < 1.29 is 14.3 Å². The highest BCUT2D eigenvalue weighted by Gasteiger charge is 2.37. The molecule has 1 aromatic heterocycles. The van der Waals surface area contributed by atoms with Crippen LogP contribution in [0.25, 0.3) is 0 Å². The average Bonchev–Trinajstić information content (AvgIpc) is 3.14. The van der Waals surface area contributed by atoms with Gasteiger partial charge in [0.05, 0.1) is 12.1 Å². The number of H-pyrrole nitrogens is 1. The van der Waals surface area contributed by atoms with Crippen LogP contribution in [0.4, 0.5) is 4.39 Å². The number of rotatable bonds is 3. The first-order valence-corrected chi connectivity index (χ1v) is 7.91. The van der Waals surface area contributed by atoms with Crippen molar-refractivity contribution in [3.63, 3.8) is 0 Å². The van der Waals surface area contributed by atoms with Crippen LogP contribution in [0.2, 0.25) is 0 Å². The molecule has 1 saturated carbocycles. The molecule has 1 saturated heterocycles. The SMILES string of the molecule is O=C(c1cc(C2CC2)[nH]n1)N1C[C@H](O)C[C@H]1c1ccc(F)cc1. The van der Waals surface area contributed by atoms with E-state index < -0.39 is 6.10 Å². The average molecular weight is 315 g/mol. The number of carbonyl (C=O) groups excluding carboxylic acids is 1. The zero-order chi connectivity index (χ0) is 16.0. The highest BCUT2D eigenvalue weighted by molar-refractivity contribution is 5.93. The highest BCUT2D eigenvalue weighted by atomic mass is 19.1. The topological polar surface area (TPSA) is 69.2 Å². The molecule has 2 aliphatic rings. The first kappa shape index (κ1) is 14.4. The molecule has 0 unspecified atom stereocenters. The second-order valence-electron chi connectivity index (χ2n) is 6.40. The summed E-state index contributed by atoms with van der Waals surface area (Å²) in [5.74, 6) is -0.00770. The number of amides is 1. The maximum atomic E-state index is 13.1. The molecule has 2 fully saturated rings. The van der Waals surface area contributed by atoms with E-state index in [9.17, 15) is 14.3 Å². The van der Waals surface area contributed by atoms with E-state index in [0.717, 1.165) is 24.1 Å². The van der Waals surface area contributed by atoms with Gasteiger partial charge in [-0.2, -0.15) is 5.10 Å². The molecule has 2 atom stereocenters. The molecule has 120 valence electrons. The zero-order valence-electron chi connectivity index (χ0n) is 12.6. The van der Waals surface area contributed by atoms with E-state index in [1.807, 2.05) is 6.07 Å². The molecule has 0 radical (unpaired) electrons. The summed E-state index contributed by atoms with van der Waals surface area (Å²) >= 11 is 0. The fraction of sp³-hybridized carbons (Fsp3) is 0.412. The van der Waals surface area contributed by atoms with E-state index in [-0.39, 0.29) is 24.3 Å². The van der Waals surface area contributed by atoms with E-state index in [2.05, 4.69) is 10.2 Å². The molecule has 6 heteroatoms. The minimum Gasteiger partial charge on any atom is -0.391 e. The Morgan fingerprint density at radius 2 is 2.04 bits per heavy atom. The largest absolute Gasteiger partial charge is 0.391 e. The summed E-state index contributed by atoms with van der Waals surface area (Å²) in [7, 11) is 0. The van der Waals surface area contributed by atoms with Crippen LogP contribution in [-0.4, -0.2) is 38.8 Å². The first-order chi connectivity index (χ1) is 11.1. The van der Waals surface area contributed by atoms with Gasteiger partial charge in [0.15, 0.2) is 0 Å². The van der Waals surface area contributed by atoms with Gasteiger partial charge in [0.1, 0.15) is 11.5 Å². The molecular formula is C17H18FN3O2. The third-order valence-corrected chi connectivity index (χ3v) is 4.63. The first-order valence-electron chi connectivity index (χ1n) is 7.91. The van der Waals surface area contributed by atoms with Gasteiger partial charge in [-0.25, -0.2) is 4.39 Å². The highest BCUT2D eigenvalue weighted by Crippen LogP contribution is 2.39. The van der Waals surface area contributed by atoms with E-state index >= 15 is 0 Å². The summed E-state index contributed by atoms with van der Waals surface area (Å²) in [6, 6.07) is 7.65. The lowest BCUT2D eigenvalue weighted by Gasteiger charge is -2.23. The predicted molar refractivity (Wildman–Crippen MR) is 81.4 cm³/mol. The van der Waals surface area contributed by atoms with Gasteiger partial charge in [-0.3, -0.25) is 9.89 Å². The molecule has 2 N–H and O–H groups in total. The van der Waals surface area contributed by atoms with E-state index in [1.165, 1.54) is 12.1 Å². The van der Waals surface area contributed by atoms with Gasteiger partial charge in [-0.1, -0.05) is 12.1 Å². The van der Waals surface area contributed by atoms with Crippen molar-refractivity contribution in [1.29, 1.82) is 0 Å². The van der Waals surface area contributed by atoms with Gasteiger partial charge in [0, 0.05) is 18.2 Å². The normalized spacial score (nSPS) is 24.2. The van der Waals surface area contributed by atoms with Crippen LogP contribution in [-0.2, 0) is 0 Å². The van der Waals surface area contributed by atoms with Gasteiger partial charge in [0.2, 0.25) is 0 Å². The zero-order valence-corrected chi connectivity index (χ0v) is 12.6. The van der Waals surface area contributed by atoms with Gasteiger partial charge in [-0.05, 0) is 43.0 Å². The molecule has 5 nitrogen and oxygen atoms in total. The van der Waals surface area contributed by atoms with Gasteiger partial charge in [0.25, 0.3) is 5.91 Å². The summed E-state index contributed by atoms with van der Waals surface area (Å²) in [4.78, 5) is 14.4. The number of halogens is 1. The Labute approximate surface area is 133 Å². The molecule has 1 aromatic carbocycles. The molecule has 1 aliphatic carbocycles. The van der Waals surface area contributed by atoms with E-state index in [1.54, 1.807) is 17.0 Å². The number of likely N-dealkylation sites (tertiary alicyclic amines) is 1. The number of hydrogen-bond donors (Lipinski definition) is 2. The van der Waals surface area contributed by atoms with Crippen LogP contribution < -0.4 is 0 Å². The number of benzene rings is 1. The minimum atomic E-state index is -0.573. The number of aromatic amines is 1. The van der Waals surface area contributed by atoms with E-state index in [4.69, 9.17) is 0 Å². The maximum Gasteiger partial charge on any atom is 0.274 e. The molecule has 1 amide bonds. The van der Waals surface area contributed by atoms with Crippen LogP contribution in [0.3, 0.4) is 0 Å². The van der Waals surface area contributed by atoms with Crippen LogP contribution in [0.15, 0.2) is 30.3 Å². The lowest BCUT2D eigenvalue weighted by molar-refractivity contribution is 0.0710. The van der Waals surface area contributed by atoms with Crippen LogP contribution in [0.1, 0.15) is 53.0 Å². The summed E-state index contributed by atoms with van der Waals surface area (Å²) in [5, 5.41) is 17.1. The lowest BCUT2D eigenvalue weighted by atomic mass is 10.0.